The minimum Gasteiger partial charge on any atom is -0.416 e. The van der Waals surface area contributed by atoms with Crippen LogP contribution in [0.15, 0.2) is 29.4 Å². The maximum absolute atomic E-state index is 12.1. The van der Waals surface area contributed by atoms with E-state index in [-0.39, 0.29) is 5.88 Å². The van der Waals surface area contributed by atoms with E-state index in [4.69, 9.17) is 0 Å². The molecule has 0 fully saturated rings. The van der Waals surface area contributed by atoms with Crippen molar-refractivity contribution in [3.8, 4) is 5.88 Å². The second kappa shape index (κ2) is 5.17. The molecule has 0 radical (unpaired) electrons. The van der Waals surface area contributed by atoms with E-state index in [9.17, 15) is 8.78 Å². The fourth-order valence-electron chi connectivity index (χ4n) is 1.24. The van der Waals surface area contributed by atoms with Crippen molar-refractivity contribution in [3.05, 3.63) is 35.0 Å². The summed E-state index contributed by atoms with van der Waals surface area (Å²) in [6.45, 7) is -2.51. The molecule has 0 saturated heterocycles. The summed E-state index contributed by atoms with van der Waals surface area (Å²) in [7, 11) is 0. The maximum atomic E-state index is 12.1. The first-order chi connectivity index (χ1) is 8.16. The Morgan fingerprint density at radius 2 is 2.29 bits per heavy atom. The van der Waals surface area contributed by atoms with Gasteiger partial charge in [0, 0.05) is 6.20 Å². The summed E-state index contributed by atoms with van der Waals surface area (Å²) < 4.78 is 30.4. The predicted octanol–water partition coefficient (Wildman–Crippen LogP) is 2.09. The lowest BCUT2D eigenvalue weighted by Crippen LogP contribution is -2.07. The number of halogens is 3. The molecule has 8 heteroatoms. The van der Waals surface area contributed by atoms with Crippen LogP contribution in [0.5, 0.6) is 5.88 Å². The molecule has 5 nitrogen and oxygen atoms in total. The molecule has 0 unspecified atom stereocenters. The van der Waals surface area contributed by atoms with E-state index in [0.717, 1.165) is 5.56 Å². The summed E-state index contributed by atoms with van der Waals surface area (Å²) in [5, 5.41) is 3.92. The second-order valence-electron chi connectivity index (χ2n) is 3.06. The average Bonchev–Trinajstić information content (AvgIpc) is 2.76. The molecule has 0 amide bonds. The lowest BCUT2D eigenvalue weighted by Gasteiger charge is -2.09. The van der Waals surface area contributed by atoms with Crippen LogP contribution in [0.1, 0.15) is 5.56 Å². The topological polar surface area (TPSA) is 52.8 Å². The normalized spacial score (nSPS) is 10.8. The highest BCUT2D eigenvalue weighted by Crippen LogP contribution is 2.27. The van der Waals surface area contributed by atoms with Crippen LogP contribution in [-0.2, 0) is 6.54 Å². The Kier molecular flexibility index (Phi) is 3.62. The van der Waals surface area contributed by atoms with Crippen molar-refractivity contribution < 1.29 is 13.5 Å². The van der Waals surface area contributed by atoms with Crippen LogP contribution in [-0.4, -0.2) is 26.4 Å². The van der Waals surface area contributed by atoms with Gasteiger partial charge in [0.1, 0.15) is 12.7 Å². The molecule has 0 aliphatic carbocycles. The van der Waals surface area contributed by atoms with Crippen LogP contribution >= 0.6 is 15.9 Å². The third-order valence-electron chi connectivity index (χ3n) is 1.94. The molecule has 0 aliphatic rings. The summed E-state index contributed by atoms with van der Waals surface area (Å²) in [6, 6.07) is 1.68. The van der Waals surface area contributed by atoms with E-state index in [1.54, 1.807) is 10.7 Å². The number of aromatic nitrogens is 4. The maximum Gasteiger partial charge on any atom is 0.388 e. The number of hydrogen-bond acceptors (Lipinski definition) is 4. The van der Waals surface area contributed by atoms with Crippen molar-refractivity contribution in [3.63, 3.8) is 0 Å². The number of alkyl halides is 2. The van der Waals surface area contributed by atoms with Gasteiger partial charge in [0.2, 0.25) is 5.88 Å². The van der Waals surface area contributed by atoms with E-state index in [2.05, 4.69) is 35.7 Å². The van der Waals surface area contributed by atoms with Gasteiger partial charge in [0.05, 0.1) is 11.0 Å². The summed E-state index contributed by atoms with van der Waals surface area (Å²) in [4.78, 5) is 7.50. The number of nitrogens with zero attached hydrogens (tertiary/aromatic N) is 4. The highest BCUT2D eigenvalue weighted by molar-refractivity contribution is 9.10. The van der Waals surface area contributed by atoms with Gasteiger partial charge in [-0.2, -0.15) is 13.9 Å². The number of ether oxygens (including phenoxy) is 1. The van der Waals surface area contributed by atoms with Crippen molar-refractivity contribution in [1.82, 2.24) is 19.7 Å². The third kappa shape index (κ3) is 2.96. The zero-order valence-electron chi connectivity index (χ0n) is 8.42. The third-order valence-corrected chi connectivity index (χ3v) is 2.79. The molecular formula is C9H7BrF2N4O. The Morgan fingerprint density at radius 1 is 1.47 bits per heavy atom. The van der Waals surface area contributed by atoms with Crippen molar-refractivity contribution >= 4 is 15.9 Å². The Balaban J connectivity index is 2.23. The zero-order chi connectivity index (χ0) is 12.3. The van der Waals surface area contributed by atoms with Gasteiger partial charge in [-0.3, -0.25) is 0 Å². The number of hydrogen-bond donors (Lipinski definition) is 0. The van der Waals surface area contributed by atoms with Gasteiger partial charge in [-0.05, 0) is 27.6 Å². The molecular weight excluding hydrogens is 298 g/mol. The molecule has 0 atom stereocenters. The fourth-order valence-corrected chi connectivity index (χ4v) is 1.69. The van der Waals surface area contributed by atoms with Crippen LogP contribution < -0.4 is 4.74 Å². The molecule has 0 aliphatic heterocycles. The minimum absolute atomic E-state index is 0.141. The van der Waals surface area contributed by atoms with Gasteiger partial charge in [0.25, 0.3) is 0 Å². The average molecular weight is 305 g/mol. The van der Waals surface area contributed by atoms with E-state index < -0.39 is 6.61 Å². The lowest BCUT2D eigenvalue weighted by atomic mass is 10.2. The SMILES string of the molecule is FC(F)Oc1nccc(Cn2cncn2)c1Br. The van der Waals surface area contributed by atoms with Crippen molar-refractivity contribution in [2.75, 3.05) is 0 Å². The Morgan fingerprint density at radius 3 is 2.94 bits per heavy atom. The monoisotopic (exact) mass is 304 g/mol. The summed E-state index contributed by atoms with van der Waals surface area (Å²) in [5.74, 6) is -0.141. The summed E-state index contributed by atoms with van der Waals surface area (Å²) in [5.41, 5.74) is 0.723. The molecule has 90 valence electrons. The predicted molar refractivity (Wildman–Crippen MR) is 57.7 cm³/mol. The van der Waals surface area contributed by atoms with E-state index in [1.807, 2.05) is 0 Å². The molecule has 2 aromatic heterocycles. The highest BCUT2D eigenvalue weighted by atomic mass is 79.9. The van der Waals surface area contributed by atoms with Gasteiger partial charge in [-0.15, -0.1) is 0 Å². The van der Waals surface area contributed by atoms with Crippen LogP contribution in [0.25, 0.3) is 0 Å². The standard InChI is InChI=1S/C9H7BrF2N4O/c10-7-6(3-16-5-13-4-15-16)1-2-14-8(7)17-9(11)12/h1-2,4-5,9H,3H2. The quantitative estimate of drug-likeness (QED) is 0.868. The second-order valence-corrected chi connectivity index (χ2v) is 3.85. The van der Waals surface area contributed by atoms with Crippen LogP contribution in [0, 0.1) is 0 Å². The first-order valence-electron chi connectivity index (χ1n) is 4.57. The van der Waals surface area contributed by atoms with Gasteiger partial charge in [-0.1, -0.05) is 0 Å². The molecule has 0 N–H and O–H groups in total. The summed E-state index contributed by atoms with van der Waals surface area (Å²) >= 11 is 3.17. The largest absolute Gasteiger partial charge is 0.416 e. The first-order valence-corrected chi connectivity index (χ1v) is 5.36. The van der Waals surface area contributed by atoms with Crippen molar-refractivity contribution in [1.29, 1.82) is 0 Å². The molecule has 17 heavy (non-hydrogen) atoms. The first kappa shape index (κ1) is 11.9. The van der Waals surface area contributed by atoms with Crippen molar-refractivity contribution in [2.24, 2.45) is 0 Å². The molecule has 0 saturated carbocycles. The van der Waals surface area contributed by atoms with Gasteiger partial charge in [0.15, 0.2) is 0 Å². The van der Waals surface area contributed by atoms with Gasteiger partial charge in [-0.25, -0.2) is 14.6 Å². The van der Waals surface area contributed by atoms with E-state index in [1.165, 1.54) is 18.9 Å². The fraction of sp³-hybridized carbons (Fsp3) is 0.222. The molecule has 2 aromatic rings. The smallest absolute Gasteiger partial charge is 0.388 e. The zero-order valence-corrected chi connectivity index (χ0v) is 10.0. The van der Waals surface area contributed by atoms with Gasteiger partial charge >= 0.3 is 6.61 Å². The number of pyridine rings is 1. The Labute approximate surface area is 104 Å². The van der Waals surface area contributed by atoms with Crippen LogP contribution in [0.4, 0.5) is 8.78 Å². The molecule has 2 rings (SSSR count). The summed E-state index contributed by atoms with van der Waals surface area (Å²) in [6.07, 6.45) is 4.32. The van der Waals surface area contributed by atoms with E-state index in [0.29, 0.717) is 11.0 Å². The Bertz CT molecular complexity index is 492. The van der Waals surface area contributed by atoms with Crippen LogP contribution in [0.3, 0.4) is 0 Å². The highest BCUT2D eigenvalue weighted by Gasteiger charge is 2.13. The number of rotatable bonds is 4. The molecule has 0 spiro atoms. The minimum atomic E-state index is -2.90. The van der Waals surface area contributed by atoms with E-state index >= 15 is 0 Å². The molecule has 0 bridgehead atoms. The lowest BCUT2D eigenvalue weighted by molar-refractivity contribution is -0.0534. The van der Waals surface area contributed by atoms with Crippen LogP contribution in [0.2, 0.25) is 0 Å². The van der Waals surface area contributed by atoms with Crippen molar-refractivity contribution in [2.45, 2.75) is 13.2 Å². The molecule has 0 aromatic carbocycles. The van der Waals surface area contributed by atoms with Gasteiger partial charge < -0.3 is 4.74 Å². The Hall–Kier alpha value is -1.57. The molecule has 2 heterocycles.